The van der Waals surface area contributed by atoms with Gasteiger partial charge in [-0.1, -0.05) is 11.6 Å². The highest BCUT2D eigenvalue weighted by atomic mass is 35.5. The van der Waals surface area contributed by atoms with Crippen LogP contribution in [0.5, 0.6) is 5.75 Å². The zero-order valence-corrected chi connectivity index (χ0v) is 11.1. The van der Waals surface area contributed by atoms with Gasteiger partial charge in [-0.2, -0.15) is 0 Å². The number of aliphatic hydroxyl groups is 1. The molecule has 1 heterocycles. The average molecular weight is 282 g/mol. The number of aliphatic hydroxyl groups excluding tert-OH is 1. The molecule has 1 unspecified atom stereocenters. The molecule has 3 nitrogen and oxygen atoms in total. The van der Waals surface area contributed by atoms with E-state index in [1.165, 1.54) is 19.4 Å². The van der Waals surface area contributed by atoms with Gasteiger partial charge in [0.25, 0.3) is 0 Å². The van der Waals surface area contributed by atoms with Crippen LogP contribution in [0.4, 0.5) is 4.39 Å². The fourth-order valence-electron chi connectivity index (χ4n) is 1.88. The summed E-state index contributed by atoms with van der Waals surface area (Å²) in [7, 11) is 1.53. The van der Waals surface area contributed by atoms with E-state index in [1.54, 1.807) is 18.2 Å². The fraction of sp³-hybridized carbons (Fsp3) is 0.214. The highest BCUT2D eigenvalue weighted by Gasteiger charge is 2.15. The molecular formula is C14H13ClFNO2. The lowest BCUT2D eigenvalue weighted by Crippen LogP contribution is -2.06. The smallest absolute Gasteiger partial charge is 0.147 e. The van der Waals surface area contributed by atoms with E-state index in [1.807, 2.05) is 0 Å². The number of nitrogens with zero attached hydrogens (tertiary/aromatic N) is 1. The zero-order chi connectivity index (χ0) is 13.8. The number of methoxy groups -OCH3 is 1. The Kier molecular flexibility index (Phi) is 4.35. The number of rotatable bonds is 4. The Bertz CT molecular complexity index is 577. The maximum absolute atomic E-state index is 13.5. The Morgan fingerprint density at radius 3 is 2.89 bits per heavy atom. The van der Waals surface area contributed by atoms with E-state index in [0.29, 0.717) is 10.8 Å². The Hall–Kier alpha value is -1.65. The van der Waals surface area contributed by atoms with E-state index in [-0.39, 0.29) is 12.0 Å². The fourth-order valence-corrected chi connectivity index (χ4v) is 2.08. The van der Waals surface area contributed by atoms with Gasteiger partial charge >= 0.3 is 0 Å². The second kappa shape index (κ2) is 5.99. The van der Waals surface area contributed by atoms with Crippen molar-refractivity contribution in [1.82, 2.24) is 4.98 Å². The molecule has 5 heteroatoms. The molecule has 0 amide bonds. The third-order valence-corrected chi connectivity index (χ3v) is 3.05. The van der Waals surface area contributed by atoms with Crippen LogP contribution in [0.25, 0.3) is 0 Å². The highest BCUT2D eigenvalue weighted by Crippen LogP contribution is 2.28. The van der Waals surface area contributed by atoms with Crippen LogP contribution >= 0.6 is 11.6 Å². The molecule has 2 rings (SSSR count). The van der Waals surface area contributed by atoms with Gasteiger partial charge in [0.2, 0.25) is 0 Å². The monoisotopic (exact) mass is 281 g/mol. The van der Waals surface area contributed by atoms with Crippen LogP contribution in [-0.4, -0.2) is 17.2 Å². The Morgan fingerprint density at radius 2 is 2.21 bits per heavy atom. The molecule has 1 N–H and O–H groups in total. The van der Waals surface area contributed by atoms with Crippen molar-refractivity contribution in [2.45, 2.75) is 12.5 Å². The van der Waals surface area contributed by atoms with Gasteiger partial charge in [-0.15, -0.1) is 0 Å². The van der Waals surface area contributed by atoms with Gasteiger partial charge in [-0.25, -0.2) is 4.39 Å². The lowest BCUT2D eigenvalue weighted by Gasteiger charge is -2.14. The number of aromatic nitrogens is 1. The minimum atomic E-state index is -0.977. The summed E-state index contributed by atoms with van der Waals surface area (Å²) in [5.41, 5.74) is 0.927. The van der Waals surface area contributed by atoms with Crippen molar-refractivity contribution in [3.63, 3.8) is 0 Å². The average Bonchev–Trinajstić information content (AvgIpc) is 2.39. The second-order valence-electron chi connectivity index (χ2n) is 4.07. The van der Waals surface area contributed by atoms with E-state index in [4.69, 9.17) is 16.3 Å². The molecule has 2 aromatic rings. The number of hydrogen-bond acceptors (Lipinski definition) is 3. The molecule has 0 aliphatic carbocycles. The van der Waals surface area contributed by atoms with Gasteiger partial charge in [0.05, 0.1) is 19.4 Å². The molecule has 0 saturated heterocycles. The van der Waals surface area contributed by atoms with Crippen molar-refractivity contribution in [2.24, 2.45) is 0 Å². The summed E-state index contributed by atoms with van der Waals surface area (Å²) in [5, 5.41) is 10.6. The van der Waals surface area contributed by atoms with E-state index in [2.05, 4.69) is 4.98 Å². The third-order valence-electron chi connectivity index (χ3n) is 2.82. The predicted molar refractivity (Wildman–Crippen MR) is 70.9 cm³/mol. The molecule has 1 aromatic carbocycles. The van der Waals surface area contributed by atoms with Crippen molar-refractivity contribution >= 4 is 11.6 Å². The first kappa shape index (κ1) is 13.8. The van der Waals surface area contributed by atoms with Crippen LogP contribution < -0.4 is 4.74 Å². The van der Waals surface area contributed by atoms with Crippen molar-refractivity contribution in [3.05, 3.63) is 58.6 Å². The zero-order valence-electron chi connectivity index (χ0n) is 10.3. The molecule has 0 saturated carbocycles. The van der Waals surface area contributed by atoms with Crippen LogP contribution in [0.3, 0.4) is 0 Å². The predicted octanol–water partition coefficient (Wildman–Crippen LogP) is 3.16. The van der Waals surface area contributed by atoms with E-state index >= 15 is 0 Å². The lowest BCUT2D eigenvalue weighted by molar-refractivity contribution is 0.172. The van der Waals surface area contributed by atoms with Crippen LogP contribution in [-0.2, 0) is 6.42 Å². The number of benzene rings is 1. The Labute approximate surface area is 115 Å². The van der Waals surface area contributed by atoms with E-state index < -0.39 is 11.9 Å². The van der Waals surface area contributed by atoms with Gasteiger partial charge in [-0.05, 0) is 29.8 Å². The maximum atomic E-state index is 13.5. The van der Waals surface area contributed by atoms with Crippen LogP contribution in [0.15, 0.2) is 36.7 Å². The molecule has 0 spiro atoms. The van der Waals surface area contributed by atoms with E-state index in [0.717, 1.165) is 11.8 Å². The number of ether oxygens (including phenoxy) is 1. The molecule has 0 aliphatic rings. The lowest BCUT2D eigenvalue weighted by atomic mass is 10.0. The Balaban J connectivity index is 2.26. The molecule has 0 fully saturated rings. The normalized spacial score (nSPS) is 12.2. The van der Waals surface area contributed by atoms with Crippen LogP contribution in [0.1, 0.15) is 17.2 Å². The first-order valence-corrected chi connectivity index (χ1v) is 6.09. The van der Waals surface area contributed by atoms with Gasteiger partial charge in [0.15, 0.2) is 0 Å². The standard InChI is InChI=1S/C14H13ClFNO2/c1-19-14-3-2-10(15)6-9(14)7-13(18)11-4-5-17-8-12(11)16/h2-6,8,13,18H,7H2,1H3. The molecular weight excluding hydrogens is 269 g/mol. The molecule has 1 aromatic heterocycles. The van der Waals surface area contributed by atoms with Crippen molar-refractivity contribution in [3.8, 4) is 5.75 Å². The molecule has 0 aliphatic heterocycles. The maximum Gasteiger partial charge on any atom is 0.147 e. The number of pyridine rings is 1. The number of hydrogen-bond donors (Lipinski definition) is 1. The minimum Gasteiger partial charge on any atom is -0.496 e. The first-order valence-electron chi connectivity index (χ1n) is 5.71. The number of halogens is 2. The summed E-state index contributed by atoms with van der Waals surface area (Å²) in [5.74, 6) is 0.0777. The van der Waals surface area contributed by atoms with Crippen LogP contribution in [0.2, 0.25) is 5.02 Å². The molecule has 0 radical (unpaired) electrons. The van der Waals surface area contributed by atoms with E-state index in [9.17, 15) is 9.50 Å². The summed E-state index contributed by atoms with van der Waals surface area (Å²) in [6.07, 6.45) is 1.75. The SMILES string of the molecule is COc1ccc(Cl)cc1CC(O)c1ccncc1F. The van der Waals surface area contributed by atoms with Gasteiger partial charge in [0, 0.05) is 23.2 Å². The Morgan fingerprint density at radius 1 is 1.42 bits per heavy atom. The van der Waals surface area contributed by atoms with Crippen LogP contribution in [0, 0.1) is 5.82 Å². The molecule has 1 atom stereocenters. The van der Waals surface area contributed by atoms with Gasteiger partial charge in [0.1, 0.15) is 11.6 Å². The van der Waals surface area contributed by atoms with Gasteiger partial charge < -0.3 is 9.84 Å². The summed E-state index contributed by atoms with van der Waals surface area (Å²) >= 11 is 5.91. The van der Waals surface area contributed by atoms with Gasteiger partial charge in [-0.3, -0.25) is 4.98 Å². The summed E-state index contributed by atoms with van der Waals surface area (Å²) in [6.45, 7) is 0. The summed E-state index contributed by atoms with van der Waals surface area (Å²) in [4.78, 5) is 3.65. The van der Waals surface area contributed by atoms with Crippen molar-refractivity contribution in [2.75, 3.05) is 7.11 Å². The second-order valence-corrected chi connectivity index (χ2v) is 4.51. The molecule has 0 bridgehead atoms. The van der Waals surface area contributed by atoms with Crippen molar-refractivity contribution in [1.29, 1.82) is 0 Å². The quantitative estimate of drug-likeness (QED) is 0.936. The summed E-state index contributed by atoms with van der Waals surface area (Å²) < 4.78 is 18.7. The third kappa shape index (κ3) is 3.22. The highest BCUT2D eigenvalue weighted by molar-refractivity contribution is 6.30. The van der Waals surface area contributed by atoms with Crippen molar-refractivity contribution < 1.29 is 14.2 Å². The minimum absolute atomic E-state index is 0.206. The largest absolute Gasteiger partial charge is 0.496 e. The molecule has 100 valence electrons. The first-order chi connectivity index (χ1) is 9.11. The topological polar surface area (TPSA) is 42.4 Å². The molecule has 19 heavy (non-hydrogen) atoms. The summed E-state index contributed by atoms with van der Waals surface area (Å²) in [6, 6.07) is 6.57.